The molecule has 0 aliphatic heterocycles. The number of aryl methyl sites for hydroxylation is 1. The maximum absolute atomic E-state index is 4.38. The molecule has 0 unspecified atom stereocenters. The fourth-order valence-electron chi connectivity index (χ4n) is 1.40. The summed E-state index contributed by atoms with van der Waals surface area (Å²) >= 11 is 0. The van der Waals surface area contributed by atoms with Crippen LogP contribution < -0.4 is 4.90 Å². The van der Waals surface area contributed by atoms with E-state index in [2.05, 4.69) is 35.6 Å². The molecule has 0 bridgehead atoms. The normalized spacial score (nSPS) is 10.5. The van der Waals surface area contributed by atoms with Crippen molar-refractivity contribution in [1.82, 2.24) is 9.97 Å². The van der Waals surface area contributed by atoms with E-state index in [1.54, 1.807) is 0 Å². The van der Waals surface area contributed by atoms with Crippen LogP contribution in [0.5, 0.6) is 0 Å². The largest absolute Gasteiger partial charge is 0.354 e. The molecule has 0 aromatic carbocycles. The van der Waals surface area contributed by atoms with Crippen LogP contribution in [0.2, 0.25) is 0 Å². The van der Waals surface area contributed by atoms with Crippen LogP contribution in [0.15, 0.2) is 12.3 Å². The first-order valence-corrected chi connectivity index (χ1v) is 4.71. The van der Waals surface area contributed by atoms with Crippen LogP contribution in [0.3, 0.4) is 0 Å². The molecular weight excluding hydrogens is 162 g/mol. The molecule has 1 heterocycles. The monoisotopic (exact) mass is 179 g/mol. The van der Waals surface area contributed by atoms with Gasteiger partial charge in [0, 0.05) is 18.8 Å². The molecule has 13 heavy (non-hydrogen) atoms. The lowest BCUT2D eigenvalue weighted by molar-refractivity contribution is 0.690. The molecule has 3 nitrogen and oxygen atoms in total. The Labute approximate surface area is 79.8 Å². The SMILES string of the molecule is CCN(c1ccnc(C)n1)C(C)C. The molecule has 0 aliphatic rings. The van der Waals surface area contributed by atoms with Crippen molar-refractivity contribution in [3.8, 4) is 0 Å². The van der Waals surface area contributed by atoms with Crippen LogP contribution in [-0.4, -0.2) is 22.6 Å². The minimum atomic E-state index is 0.485. The molecule has 0 fully saturated rings. The molecule has 0 radical (unpaired) electrons. The molecule has 0 N–H and O–H groups in total. The van der Waals surface area contributed by atoms with E-state index >= 15 is 0 Å². The molecule has 1 aromatic rings. The lowest BCUT2D eigenvalue weighted by atomic mass is 10.3. The topological polar surface area (TPSA) is 29.0 Å². The van der Waals surface area contributed by atoms with Gasteiger partial charge in [-0.05, 0) is 33.8 Å². The first-order chi connectivity index (χ1) is 6.15. The lowest BCUT2D eigenvalue weighted by Crippen LogP contribution is -2.31. The zero-order valence-corrected chi connectivity index (χ0v) is 8.78. The Morgan fingerprint density at radius 3 is 2.62 bits per heavy atom. The van der Waals surface area contributed by atoms with E-state index in [4.69, 9.17) is 0 Å². The van der Waals surface area contributed by atoms with Gasteiger partial charge in [0.1, 0.15) is 11.6 Å². The van der Waals surface area contributed by atoms with Gasteiger partial charge in [0.2, 0.25) is 0 Å². The van der Waals surface area contributed by atoms with E-state index in [9.17, 15) is 0 Å². The Morgan fingerprint density at radius 1 is 1.46 bits per heavy atom. The highest BCUT2D eigenvalue weighted by Gasteiger charge is 2.08. The summed E-state index contributed by atoms with van der Waals surface area (Å²) in [6.07, 6.45) is 1.81. The molecule has 0 saturated heterocycles. The standard InChI is InChI=1S/C10H17N3/c1-5-13(8(2)3)10-6-7-11-9(4)12-10/h6-8H,5H2,1-4H3. The molecule has 0 amide bonds. The predicted octanol–water partition coefficient (Wildman–Crippen LogP) is 2.02. The summed E-state index contributed by atoms with van der Waals surface area (Å²) in [5.41, 5.74) is 0. The highest BCUT2D eigenvalue weighted by Crippen LogP contribution is 2.12. The number of nitrogens with zero attached hydrogens (tertiary/aromatic N) is 3. The van der Waals surface area contributed by atoms with Crippen LogP contribution >= 0.6 is 0 Å². The summed E-state index contributed by atoms with van der Waals surface area (Å²) in [6, 6.07) is 2.44. The van der Waals surface area contributed by atoms with Crippen molar-refractivity contribution >= 4 is 5.82 Å². The molecule has 1 aromatic heterocycles. The van der Waals surface area contributed by atoms with Crippen LogP contribution in [-0.2, 0) is 0 Å². The van der Waals surface area contributed by atoms with Crippen LogP contribution in [0, 0.1) is 6.92 Å². The van der Waals surface area contributed by atoms with Crippen molar-refractivity contribution in [3.05, 3.63) is 18.1 Å². The molecule has 1 rings (SSSR count). The second kappa shape index (κ2) is 4.21. The molecule has 0 spiro atoms. The van der Waals surface area contributed by atoms with Crippen molar-refractivity contribution in [2.75, 3.05) is 11.4 Å². The van der Waals surface area contributed by atoms with E-state index in [0.717, 1.165) is 18.2 Å². The zero-order valence-electron chi connectivity index (χ0n) is 8.78. The minimum Gasteiger partial charge on any atom is -0.354 e. The predicted molar refractivity (Wildman–Crippen MR) is 54.9 cm³/mol. The highest BCUT2D eigenvalue weighted by molar-refractivity contribution is 5.37. The molecule has 0 atom stereocenters. The molecule has 72 valence electrons. The van der Waals surface area contributed by atoms with Crippen LogP contribution in [0.25, 0.3) is 0 Å². The number of anilines is 1. The van der Waals surface area contributed by atoms with Gasteiger partial charge in [0.05, 0.1) is 0 Å². The first kappa shape index (κ1) is 9.96. The van der Waals surface area contributed by atoms with Gasteiger partial charge < -0.3 is 4.90 Å². The van der Waals surface area contributed by atoms with Gasteiger partial charge in [0.25, 0.3) is 0 Å². The average molecular weight is 179 g/mol. The van der Waals surface area contributed by atoms with Gasteiger partial charge in [-0.1, -0.05) is 0 Å². The van der Waals surface area contributed by atoms with Gasteiger partial charge in [-0.25, -0.2) is 9.97 Å². The Kier molecular flexibility index (Phi) is 3.23. The highest BCUT2D eigenvalue weighted by atomic mass is 15.2. The second-order valence-electron chi connectivity index (χ2n) is 3.34. The summed E-state index contributed by atoms with van der Waals surface area (Å²) in [5, 5.41) is 0. The summed E-state index contributed by atoms with van der Waals surface area (Å²) in [7, 11) is 0. The smallest absolute Gasteiger partial charge is 0.132 e. The van der Waals surface area contributed by atoms with E-state index in [-0.39, 0.29) is 0 Å². The summed E-state index contributed by atoms with van der Waals surface area (Å²) in [4.78, 5) is 10.7. The van der Waals surface area contributed by atoms with Crippen LogP contribution in [0.4, 0.5) is 5.82 Å². The summed E-state index contributed by atoms with van der Waals surface area (Å²) in [5.74, 6) is 1.85. The van der Waals surface area contributed by atoms with Crippen molar-refractivity contribution < 1.29 is 0 Å². The molecule has 0 aliphatic carbocycles. The second-order valence-corrected chi connectivity index (χ2v) is 3.34. The zero-order chi connectivity index (χ0) is 9.84. The summed E-state index contributed by atoms with van der Waals surface area (Å²) < 4.78 is 0. The van der Waals surface area contributed by atoms with E-state index in [0.29, 0.717) is 6.04 Å². The Bertz CT molecular complexity index is 271. The van der Waals surface area contributed by atoms with E-state index < -0.39 is 0 Å². The van der Waals surface area contributed by atoms with Gasteiger partial charge >= 0.3 is 0 Å². The number of rotatable bonds is 3. The third kappa shape index (κ3) is 2.41. The van der Waals surface area contributed by atoms with Crippen molar-refractivity contribution in [3.63, 3.8) is 0 Å². The van der Waals surface area contributed by atoms with Gasteiger partial charge in [-0.15, -0.1) is 0 Å². The third-order valence-electron chi connectivity index (χ3n) is 2.02. The van der Waals surface area contributed by atoms with Gasteiger partial charge in [0.15, 0.2) is 0 Å². The molecule has 3 heteroatoms. The van der Waals surface area contributed by atoms with Crippen molar-refractivity contribution in [2.45, 2.75) is 33.7 Å². The van der Waals surface area contributed by atoms with Crippen molar-refractivity contribution in [2.24, 2.45) is 0 Å². The maximum Gasteiger partial charge on any atom is 0.132 e. The van der Waals surface area contributed by atoms with Crippen LogP contribution in [0.1, 0.15) is 26.6 Å². The fraction of sp³-hybridized carbons (Fsp3) is 0.600. The molecular formula is C10H17N3. The average Bonchev–Trinajstić information content (AvgIpc) is 2.04. The molecule has 0 saturated carbocycles. The lowest BCUT2D eigenvalue weighted by Gasteiger charge is -2.26. The fourth-order valence-corrected chi connectivity index (χ4v) is 1.40. The van der Waals surface area contributed by atoms with E-state index in [1.165, 1.54) is 0 Å². The number of hydrogen-bond donors (Lipinski definition) is 0. The number of aromatic nitrogens is 2. The Balaban J connectivity index is 2.91. The minimum absolute atomic E-state index is 0.485. The van der Waals surface area contributed by atoms with Gasteiger partial charge in [-0.3, -0.25) is 0 Å². The first-order valence-electron chi connectivity index (χ1n) is 4.71. The maximum atomic E-state index is 4.38. The number of hydrogen-bond acceptors (Lipinski definition) is 3. The van der Waals surface area contributed by atoms with Gasteiger partial charge in [-0.2, -0.15) is 0 Å². The van der Waals surface area contributed by atoms with E-state index in [1.807, 2.05) is 19.2 Å². The Hall–Kier alpha value is -1.12. The summed E-state index contributed by atoms with van der Waals surface area (Å²) in [6.45, 7) is 9.37. The quantitative estimate of drug-likeness (QED) is 0.710. The third-order valence-corrected chi connectivity index (χ3v) is 2.02. The van der Waals surface area contributed by atoms with Crippen molar-refractivity contribution in [1.29, 1.82) is 0 Å². The Morgan fingerprint density at radius 2 is 2.15 bits per heavy atom.